The standard InChI is InChI=1S/C12H17NO2S/c1-15-10-4-5-11(13)12(8-10)16(14)7-6-9-2-3-9/h4-5,8-9H,2-3,6-7,13H2,1H3. The van der Waals surface area contributed by atoms with Gasteiger partial charge in [-0.25, -0.2) is 0 Å². The van der Waals surface area contributed by atoms with Crippen LogP contribution in [0.25, 0.3) is 0 Å². The maximum atomic E-state index is 12.0. The Labute approximate surface area is 98.4 Å². The van der Waals surface area contributed by atoms with E-state index in [1.54, 1.807) is 25.3 Å². The van der Waals surface area contributed by atoms with Gasteiger partial charge in [-0.2, -0.15) is 0 Å². The van der Waals surface area contributed by atoms with Crippen LogP contribution in [-0.2, 0) is 10.8 Å². The first-order valence-electron chi connectivity index (χ1n) is 5.52. The summed E-state index contributed by atoms with van der Waals surface area (Å²) in [4.78, 5) is 0.708. The van der Waals surface area contributed by atoms with Crippen molar-refractivity contribution in [2.75, 3.05) is 18.6 Å². The third kappa shape index (κ3) is 2.76. The number of anilines is 1. The molecule has 1 unspecified atom stereocenters. The van der Waals surface area contributed by atoms with Gasteiger partial charge in [0.25, 0.3) is 0 Å². The SMILES string of the molecule is COc1ccc(N)c(S(=O)CCC2CC2)c1. The minimum atomic E-state index is -0.992. The molecular weight excluding hydrogens is 222 g/mol. The van der Waals surface area contributed by atoms with E-state index in [2.05, 4.69) is 0 Å². The predicted molar refractivity (Wildman–Crippen MR) is 66.0 cm³/mol. The van der Waals surface area contributed by atoms with Gasteiger partial charge in [0, 0.05) is 11.4 Å². The highest BCUT2D eigenvalue weighted by Crippen LogP contribution is 2.33. The minimum Gasteiger partial charge on any atom is -0.497 e. The lowest BCUT2D eigenvalue weighted by Gasteiger charge is -2.07. The highest BCUT2D eigenvalue weighted by molar-refractivity contribution is 7.85. The monoisotopic (exact) mass is 239 g/mol. The number of methoxy groups -OCH3 is 1. The fourth-order valence-electron chi connectivity index (χ4n) is 1.63. The molecule has 0 saturated heterocycles. The van der Waals surface area contributed by atoms with Crippen LogP contribution in [-0.4, -0.2) is 17.1 Å². The van der Waals surface area contributed by atoms with Crippen molar-refractivity contribution in [3.8, 4) is 5.75 Å². The third-order valence-electron chi connectivity index (χ3n) is 2.87. The Morgan fingerprint density at radius 1 is 1.50 bits per heavy atom. The highest BCUT2D eigenvalue weighted by atomic mass is 32.2. The second-order valence-electron chi connectivity index (χ2n) is 4.19. The number of hydrogen-bond donors (Lipinski definition) is 1. The zero-order valence-corrected chi connectivity index (χ0v) is 10.3. The number of rotatable bonds is 5. The summed E-state index contributed by atoms with van der Waals surface area (Å²) < 4.78 is 17.1. The fourth-order valence-corrected chi connectivity index (χ4v) is 2.97. The van der Waals surface area contributed by atoms with Crippen LogP contribution in [0.1, 0.15) is 19.3 Å². The van der Waals surface area contributed by atoms with E-state index in [1.807, 2.05) is 0 Å². The topological polar surface area (TPSA) is 52.3 Å². The zero-order valence-electron chi connectivity index (χ0n) is 9.44. The molecule has 3 nitrogen and oxygen atoms in total. The molecule has 0 aromatic heterocycles. The lowest BCUT2D eigenvalue weighted by molar-refractivity contribution is 0.413. The average molecular weight is 239 g/mol. The van der Waals surface area contributed by atoms with Crippen molar-refractivity contribution >= 4 is 16.5 Å². The zero-order chi connectivity index (χ0) is 11.5. The number of ether oxygens (including phenoxy) is 1. The summed E-state index contributed by atoms with van der Waals surface area (Å²) in [5.41, 5.74) is 6.41. The predicted octanol–water partition coefficient (Wildman–Crippen LogP) is 2.19. The number of hydrogen-bond acceptors (Lipinski definition) is 3. The molecule has 0 heterocycles. The van der Waals surface area contributed by atoms with Crippen LogP contribution in [0.3, 0.4) is 0 Å². The molecule has 1 aliphatic carbocycles. The Morgan fingerprint density at radius 2 is 2.25 bits per heavy atom. The fraction of sp³-hybridized carbons (Fsp3) is 0.500. The molecule has 0 spiro atoms. The van der Waals surface area contributed by atoms with E-state index in [1.165, 1.54) is 12.8 Å². The maximum absolute atomic E-state index is 12.0. The lowest BCUT2D eigenvalue weighted by Crippen LogP contribution is -2.03. The molecule has 0 amide bonds. The Balaban J connectivity index is 2.07. The van der Waals surface area contributed by atoms with Gasteiger partial charge in [-0.1, -0.05) is 12.8 Å². The number of nitrogen functional groups attached to an aromatic ring is 1. The Kier molecular flexibility index (Phi) is 3.49. The Hall–Kier alpha value is -1.03. The van der Waals surface area contributed by atoms with Crippen molar-refractivity contribution in [2.45, 2.75) is 24.2 Å². The first kappa shape index (κ1) is 11.5. The minimum absolute atomic E-state index is 0.593. The van der Waals surface area contributed by atoms with Crippen molar-refractivity contribution in [1.82, 2.24) is 0 Å². The van der Waals surface area contributed by atoms with Gasteiger partial charge in [-0.05, 0) is 30.5 Å². The molecule has 1 aliphatic rings. The molecule has 2 N–H and O–H groups in total. The van der Waals surface area contributed by atoms with E-state index in [0.29, 0.717) is 22.1 Å². The third-order valence-corrected chi connectivity index (χ3v) is 4.33. The summed E-state index contributed by atoms with van der Waals surface area (Å²) in [6, 6.07) is 5.32. The van der Waals surface area contributed by atoms with Crippen molar-refractivity contribution in [2.24, 2.45) is 5.92 Å². The van der Waals surface area contributed by atoms with Crippen LogP contribution in [0.4, 0.5) is 5.69 Å². The molecule has 1 fully saturated rings. The quantitative estimate of drug-likeness (QED) is 0.801. The van der Waals surface area contributed by atoms with Crippen LogP contribution in [0, 0.1) is 5.92 Å². The summed E-state index contributed by atoms with van der Waals surface area (Å²) in [5.74, 6) is 2.22. The van der Waals surface area contributed by atoms with E-state index in [0.717, 1.165) is 12.3 Å². The first-order chi connectivity index (χ1) is 7.70. The summed E-state index contributed by atoms with van der Waals surface area (Å²) >= 11 is 0. The van der Waals surface area contributed by atoms with Crippen molar-refractivity contribution in [1.29, 1.82) is 0 Å². The largest absolute Gasteiger partial charge is 0.497 e. The summed E-state index contributed by atoms with van der Waals surface area (Å²) in [6.45, 7) is 0. The van der Waals surface area contributed by atoms with Crippen LogP contribution in [0.15, 0.2) is 23.1 Å². The van der Waals surface area contributed by atoms with Gasteiger partial charge in [0.05, 0.1) is 22.8 Å². The molecule has 0 radical (unpaired) electrons. The Morgan fingerprint density at radius 3 is 2.88 bits per heavy atom. The lowest BCUT2D eigenvalue weighted by atomic mass is 10.3. The van der Waals surface area contributed by atoms with Gasteiger partial charge in [0.2, 0.25) is 0 Å². The average Bonchev–Trinajstić information content (AvgIpc) is 3.10. The molecule has 0 aliphatic heterocycles. The molecule has 1 saturated carbocycles. The summed E-state index contributed by atoms with van der Waals surface area (Å²) in [7, 11) is 0.607. The van der Waals surface area contributed by atoms with E-state index < -0.39 is 10.8 Å². The molecular formula is C12H17NO2S. The molecule has 88 valence electrons. The van der Waals surface area contributed by atoms with Crippen LogP contribution in [0.2, 0.25) is 0 Å². The molecule has 1 atom stereocenters. The molecule has 1 aromatic carbocycles. The van der Waals surface area contributed by atoms with Crippen molar-refractivity contribution in [3.05, 3.63) is 18.2 Å². The highest BCUT2D eigenvalue weighted by Gasteiger charge is 2.22. The number of nitrogens with two attached hydrogens (primary N) is 1. The van der Waals surface area contributed by atoms with E-state index in [4.69, 9.17) is 10.5 Å². The smallest absolute Gasteiger partial charge is 0.120 e. The Bertz CT molecular complexity index is 402. The van der Waals surface area contributed by atoms with Gasteiger partial charge in [0.15, 0.2) is 0 Å². The van der Waals surface area contributed by atoms with Gasteiger partial charge in [0.1, 0.15) is 5.75 Å². The normalized spacial score (nSPS) is 17.1. The summed E-state index contributed by atoms with van der Waals surface area (Å²) in [6.07, 6.45) is 3.64. The molecule has 0 bridgehead atoms. The second-order valence-corrected chi connectivity index (χ2v) is 5.72. The van der Waals surface area contributed by atoms with Gasteiger partial charge >= 0.3 is 0 Å². The van der Waals surface area contributed by atoms with Gasteiger partial charge in [-0.3, -0.25) is 4.21 Å². The maximum Gasteiger partial charge on any atom is 0.120 e. The van der Waals surface area contributed by atoms with E-state index in [-0.39, 0.29) is 0 Å². The first-order valence-corrected chi connectivity index (χ1v) is 6.84. The molecule has 16 heavy (non-hydrogen) atoms. The molecule has 2 rings (SSSR count). The number of benzene rings is 1. The molecule has 4 heteroatoms. The van der Waals surface area contributed by atoms with Crippen molar-refractivity contribution < 1.29 is 8.95 Å². The van der Waals surface area contributed by atoms with E-state index >= 15 is 0 Å². The van der Waals surface area contributed by atoms with E-state index in [9.17, 15) is 4.21 Å². The molecule has 1 aromatic rings. The van der Waals surface area contributed by atoms with Crippen LogP contribution < -0.4 is 10.5 Å². The van der Waals surface area contributed by atoms with Crippen LogP contribution >= 0.6 is 0 Å². The summed E-state index contributed by atoms with van der Waals surface area (Å²) in [5, 5.41) is 0. The second kappa shape index (κ2) is 4.87. The van der Waals surface area contributed by atoms with Gasteiger partial charge in [-0.15, -0.1) is 0 Å². The van der Waals surface area contributed by atoms with Crippen molar-refractivity contribution in [3.63, 3.8) is 0 Å². The van der Waals surface area contributed by atoms with Gasteiger partial charge < -0.3 is 10.5 Å². The van der Waals surface area contributed by atoms with Crippen LogP contribution in [0.5, 0.6) is 5.75 Å².